The normalized spacial score (nSPS) is 21.6. The summed E-state index contributed by atoms with van der Waals surface area (Å²) in [5.74, 6) is 0. The number of methoxy groups -OCH3 is 2. The average Bonchev–Trinajstić information content (AvgIpc) is 2.51. The van der Waals surface area contributed by atoms with Crippen molar-refractivity contribution in [2.24, 2.45) is 5.41 Å². The van der Waals surface area contributed by atoms with Crippen molar-refractivity contribution < 1.29 is 14.6 Å². The fourth-order valence-corrected chi connectivity index (χ4v) is 3.32. The lowest BCUT2D eigenvalue weighted by molar-refractivity contribution is -0.100. The molecule has 1 atom stereocenters. The van der Waals surface area contributed by atoms with E-state index in [1.54, 1.807) is 14.2 Å². The molecule has 0 aromatic rings. The highest BCUT2D eigenvalue weighted by atomic mass is 16.7. The van der Waals surface area contributed by atoms with Gasteiger partial charge in [-0.25, -0.2) is 0 Å². The van der Waals surface area contributed by atoms with E-state index >= 15 is 0 Å². The van der Waals surface area contributed by atoms with Crippen LogP contribution in [0.5, 0.6) is 0 Å². The molecule has 25 heavy (non-hydrogen) atoms. The van der Waals surface area contributed by atoms with Gasteiger partial charge in [-0.3, -0.25) is 0 Å². The van der Waals surface area contributed by atoms with Crippen molar-refractivity contribution in [3.8, 4) is 0 Å². The minimum absolute atomic E-state index is 0.185. The molecule has 0 aromatic heterocycles. The Morgan fingerprint density at radius 2 is 1.92 bits per heavy atom. The smallest absolute Gasteiger partial charge is 0.160 e. The van der Waals surface area contributed by atoms with E-state index in [-0.39, 0.29) is 11.7 Å². The molecule has 0 fully saturated rings. The first-order chi connectivity index (χ1) is 11.6. The molecule has 142 valence electrons. The average molecular weight is 349 g/mol. The molecule has 0 aromatic carbocycles. The molecule has 1 aliphatic carbocycles. The fourth-order valence-electron chi connectivity index (χ4n) is 3.32. The highest BCUT2D eigenvalue weighted by Crippen LogP contribution is 2.40. The first-order valence-corrected chi connectivity index (χ1v) is 9.14. The second-order valence-corrected chi connectivity index (χ2v) is 7.97. The molecule has 1 aliphatic rings. The van der Waals surface area contributed by atoms with Crippen LogP contribution >= 0.6 is 0 Å². The maximum absolute atomic E-state index is 10.6. The van der Waals surface area contributed by atoms with Gasteiger partial charge in [0, 0.05) is 20.6 Å². The van der Waals surface area contributed by atoms with E-state index in [0.717, 1.165) is 12.0 Å². The molecule has 0 saturated heterocycles. The standard InChI is InChI=1S/C22H36O3/c1-17(16-20(24-6)25-7)10-8-14-22(5,23)15-12-19-18(2)11-9-13-21(19,3)4/h8,10,12,14-15,20,23H,9,11,13,16H2,1-7H3. The number of hydrogen-bond acceptors (Lipinski definition) is 3. The second kappa shape index (κ2) is 9.51. The quantitative estimate of drug-likeness (QED) is 0.476. The summed E-state index contributed by atoms with van der Waals surface area (Å²) in [5, 5.41) is 10.6. The number of allylic oxidation sites excluding steroid dienone is 5. The molecule has 0 radical (unpaired) electrons. The van der Waals surface area contributed by atoms with Crippen molar-refractivity contribution in [1.82, 2.24) is 0 Å². The summed E-state index contributed by atoms with van der Waals surface area (Å²) >= 11 is 0. The minimum Gasteiger partial charge on any atom is -0.382 e. The third-order valence-corrected chi connectivity index (χ3v) is 4.96. The van der Waals surface area contributed by atoms with E-state index < -0.39 is 5.60 Å². The largest absolute Gasteiger partial charge is 0.382 e. The van der Waals surface area contributed by atoms with Crippen LogP contribution in [0.4, 0.5) is 0 Å². The van der Waals surface area contributed by atoms with E-state index in [0.29, 0.717) is 6.42 Å². The van der Waals surface area contributed by atoms with Crippen LogP contribution in [0.3, 0.4) is 0 Å². The Kier molecular flexibility index (Phi) is 8.33. The summed E-state index contributed by atoms with van der Waals surface area (Å²) in [6.07, 6.45) is 13.8. The maximum Gasteiger partial charge on any atom is 0.160 e. The van der Waals surface area contributed by atoms with E-state index in [9.17, 15) is 5.11 Å². The van der Waals surface area contributed by atoms with Crippen molar-refractivity contribution in [1.29, 1.82) is 0 Å². The molecule has 1 N–H and O–H groups in total. The molecular formula is C22H36O3. The van der Waals surface area contributed by atoms with Gasteiger partial charge in [0.15, 0.2) is 6.29 Å². The summed E-state index contributed by atoms with van der Waals surface area (Å²) in [6, 6.07) is 0. The summed E-state index contributed by atoms with van der Waals surface area (Å²) in [6.45, 7) is 10.6. The van der Waals surface area contributed by atoms with Gasteiger partial charge in [-0.1, -0.05) is 43.2 Å². The highest BCUT2D eigenvalue weighted by Gasteiger charge is 2.27. The summed E-state index contributed by atoms with van der Waals surface area (Å²) < 4.78 is 10.4. The molecule has 0 saturated carbocycles. The lowest BCUT2D eigenvalue weighted by atomic mass is 9.72. The number of rotatable bonds is 8. The number of hydrogen-bond donors (Lipinski definition) is 1. The van der Waals surface area contributed by atoms with Crippen LogP contribution in [0.2, 0.25) is 0 Å². The van der Waals surface area contributed by atoms with Crippen molar-refractivity contribution in [2.45, 2.75) is 72.2 Å². The molecule has 0 amide bonds. The Bertz CT molecular complexity index is 544. The summed E-state index contributed by atoms with van der Waals surface area (Å²) in [4.78, 5) is 0. The zero-order valence-corrected chi connectivity index (χ0v) is 17.1. The Balaban J connectivity index is 2.78. The fraction of sp³-hybridized carbons (Fsp3) is 0.636. The van der Waals surface area contributed by atoms with Crippen LogP contribution < -0.4 is 0 Å². The van der Waals surface area contributed by atoms with Gasteiger partial charge in [-0.05, 0) is 63.2 Å². The van der Waals surface area contributed by atoms with E-state index in [1.165, 1.54) is 24.0 Å². The molecule has 1 rings (SSSR count). The van der Waals surface area contributed by atoms with Gasteiger partial charge in [-0.2, -0.15) is 0 Å². The monoisotopic (exact) mass is 348 g/mol. The number of ether oxygens (including phenoxy) is 2. The van der Waals surface area contributed by atoms with Crippen LogP contribution in [0.15, 0.2) is 47.1 Å². The molecule has 0 aliphatic heterocycles. The third kappa shape index (κ3) is 7.31. The topological polar surface area (TPSA) is 38.7 Å². The lowest BCUT2D eigenvalue weighted by Gasteiger charge is -2.33. The van der Waals surface area contributed by atoms with Gasteiger partial charge in [0.25, 0.3) is 0 Å². The van der Waals surface area contributed by atoms with Crippen LogP contribution in [0, 0.1) is 5.41 Å². The van der Waals surface area contributed by atoms with Gasteiger partial charge in [0.1, 0.15) is 0 Å². The Hall–Kier alpha value is -1.16. The Labute approximate surface area is 154 Å². The predicted octanol–water partition coefficient (Wildman–Crippen LogP) is 5.33. The van der Waals surface area contributed by atoms with Crippen LogP contribution in [0.1, 0.15) is 60.3 Å². The zero-order valence-electron chi connectivity index (χ0n) is 17.1. The highest BCUT2D eigenvalue weighted by molar-refractivity contribution is 5.34. The maximum atomic E-state index is 10.6. The van der Waals surface area contributed by atoms with Crippen molar-refractivity contribution in [2.75, 3.05) is 14.2 Å². The second-order valence-electron chi connectivity index (χ2n) is 7.97. The summed E-state index contributed by atoms with van der Waals surface area (Å²) in [5.41, 5.74) is 3.15. The first kappa shape index (κ1) is 21.9. The Morgan fingerprint density at radius 3 is 2.48 bits per heavy atom. The molecule has 0 heterocycles. The molecule has 3 heteroatoms. The first-order valence-electron chi connectivity index (χ1n) is 9.14. The SMILES string of the molecule is COC(CC(C)=CC=CC(C)(O)C=CC1=C(C)CCCC1(C)C)OC. The van der Waals surface area contributed by atoms with Crippen molar-refractivity contribution in [3.05, 3.63) is 47.1 Å². The van der Waals surface area contributed by atoms with Crippen molar-refractivity contribution in [3.63, 3.8) is 0 Å². The van der Waals surface area contributed by atoms with Gasteiger partial charge < -0.3 is 14.6 Å². The molecule has 1 unspecified atom stereocenters. The van der Waals surface area contributed by atoms with Crippen LogP contribution in [-0.2, 0) is 9.47 Å². The lowest BCUT2D eigenvalue weighted by Crippen LogP contribution is -2.21. The molecule has 0 bridgehead atoms. The van der Waals surface area contributed by atoms with Crippen LogP contribution in [0.25, 0.3) is 0 Å². The van der Waals surface area contributed by atoms with Gasteiger partial charge in [0.05, 0.1) is 5.60 Å². The molecular weight excluding hydrogens is 312 g/mol. The van der Waals surface area contributed by atoms with Gasteiger partial charge in [-0.15, -0.1) is 0 Å². The molecule has 0 spiro atoms. The minimum atomic E-state index is -0.973. The van der Waals surface area contributed by atoms with Crippen LogP contribution in [-0.4, -0.2) is 31.2 Å². The van der Waals surface area contributed by atoms with Crippen molar-refractivity contribution >= 4 is 0 Å². The van der Waals surface area contributed by atoms with Gasteiger partial charge >= 0.3 is 0 Å². The Morgan fingerprint density at radius 1 is 1.28 bits per heavy atom. The van der Waals surface area contributed by atoms with E-state index in [4.69, 9.17) is 9.47 Å². The van der Waals surface area contributed by atoms with E-state index in [1.807, 2.05) is 38.2 Å². The number of aliphatic hydroxyl groups is 1. The predicted molar refractivity (Wildman–Crippen MR) is 105 cm³/mol. The third-order valence-electron chi connectivity index (χ3n) is 4.96. The van der Waals surface area contributed by atoms with Gasteiger partial charge in [0.2, 0.25) is 0 Å². The van der Waals surface area contributed by atoms with E-state index in [2.05, 4.69) is 26.8 Å². The summed E-state index contributed by atoms with van der Waals surface area (Å²) in [7, 11) is 3.27. The molecule has 3 nitrogen and oxygen atoms in total. The zero-order chi connectivity index (χ0) is 19.1.